The Morgan fingerprint density at radius 2 is 1.81 bits per heavy atom. The lowest BCUT2D eigenvalue weighted by atomic mass is 10.1. The van der Waals surface area contributed by atoms with Gasteiger partial charge in [0.05, 0.1) is 29.7 Å². The van der Waals surface area contributed by atoms with Crippen LogP contribution in [-0.4, -0.2) is 52.3 Å². The Morgan fingerprint density at radius 3 is 2.42 bits per heavy atom. The van der Waals surface area contributed by atoms with Gasteiger partial charge >= 0.3 is 0 Å². The number of nitrogens with zero attached hydrogens (tertiary/aromatic N) is 2. The number of rotatable bonds is 7. The third-order valence-corrected chi connectivity index (χ3v) is 7.22. The van der Waals surface area contributed by atoms with Gasteiger partial charge in [0, 0.05) is 27.1 Å². The van der Waals surface area contributed by atoms with E-state index in [9.17, 15) is 18.0 Å². The molecule has 0 spiro atoms. The molecule has 1 N–H and O–H groups in total. The Hall–Kier alpha value is -2.91. The van der Waals surface area contributed by atoms with Gasteiger partial charge in [-0.05, 0) is 36.8 Å². The van der Waals surface area contributed by atoms with E-state index in [1.165, 1.54) is 26.2 Å². The van der Waals surface area contributed by atoms with E-state index in [1.54, 1.807) is 36.3 Å². The third-order valence-electron chi connectivity index (χ3n) is 5.39. The fourth-order valence-electron chi connectivity index (χ4n) is 3.52. The summed E-state index contributed by atoms with van der Waals surface area (Å²) in [4.78, 5) is 27.1. The number of hydrogen-bond acceptors (Lipinski definition) is 5. The maximum Gasteiger partial charge on any atom is 0.242 e. The van der Waals surface area contributed by atoms with E-state index < -0.39 is 15.9 Å². The molecule has 1 aliphatic heterocycles. The van der Waals surface area contributed by atoms with Crippen LogP contribution in [0.25, 0.3) is 0 Å². The zero-order valence-corrected chi connectivity index (χ0v) is 18.8. The monoisotopic (exact) mass is 445 g/mol. The van der Waals surface area contributed by atoms with Gasteiger partial charge in [-0.2, -0.15) is 0 Å². The largest absolute Gasteiger partial charge is 0.495 e. The lowest BCUT2D eigenvalue weighted by Crippen LogP contribution is -2.34. The lowest BCUT2D eigenvalue weighted by Gasteiger charge is -2.20. The van der Waals surface area contributed by atoms with Crippen molar-refractivity contribution in [2.24, 2.45) is 5.92 Å². The molecule has 3 rings (SSSR count). The van der Waals surface area contributed by atoms with Crippen LogP contribution >= 0.6 is 0 Å². The standard InChI is InChI=1S/C22H27N3O5S/c1-15(16-9-11-18(12-10-16)31(28,29)24(2)3)23-22(27)17-13-21(26)25(14-17)19-7-5-6-8-20(19)30-4/h5-12,15,17H,13-14H2,1-4H3,(H,23,27). The summed E-state index contributed by atoms with van der Waals surface area (Å²) in [5.74, 6) is -0.245. The van der Waals surface area contributed by atoms with Crippen molar-refractivity contribution in [3.63, 3.8) is 0 Å². The van der Waals surface area contributed by atoms with Gasteiger partial charge < -0.3 is 15.0 Å². The van der Waals surface area contributed by atoms with Gasteiger partial charge in [-0.3, -0.25) is 9.59 Å². The topological polar surface area (TPSA) is 96.0 Å². The van der Waals surface area contributed by atoms with Gasteiger partial charge in [0.2, 0.25) is 21.8 Å². The summed E-state index contributed by atoms with van der Waals surface area (Å²) in [6, 6.07) is 13.3. The molecule has 0 aromatic heterocycles. The molecule has 166 valence electrons. The van der Waals surface area contributed by atoms with E-state index in [2.05, 4.69) is 5.32 Å². The molecule has 0 saturated carbocycles. The van der Waals surface area contributed by atoms with Crippen LogP contribution in [0.2, 0.25) is 0 Å². The molecule has 9 heteroatoms. The first-order valence-electron chi connectivity index (χ1n) is 9.91. The SMILES string of the molecule is COc1ccccc1N1CC(C(=O)NC(C)c2ccc(S(=O)(=O)N(C)C)cc2)CC1=O. The summed E-state index contributed by atoms with van der Waals surface area (Å²) in [5, 5.41) is 2.93. The van der Waals surface area contributed by atoms with Crippen molar-refractivity contribution in [2.45, 2.75) is 24.3 Å². The lowest BCUT2D eigenvalue weighted by molar-refractivity contribution is -0.126. The van der Waals surface area contributed by atoms with Crippen molar-refractivity contribution < 1.29 is 22.7 Å². The Morgan fingerprint density at radius 1 is 1.16 bits per heavy atom. The molecule has 0 radical (unpaired) electrons. The molecule has 2 amide bonds. The van der Waals surface area contributed by atoms with Crippen LogP contribution in [-0.2, 0) is 19.6 Å². The number of ether oxygens (including phenoxy) is 1. The van der Waals surface area contributed by atoms with Gasteiger partial charge in [0.1, 0.15) is 5.75 Å². The van der Waals surface area contributed by atoms with Gasteiger partial charge in [-0.25, -0.2) is 12.7 Å². The number of anilines is 1. The molecule has 2 aromatic carbocycles. The molecule has 8 nitrogen and oxygen atoms in total. The quantitative estimate of drug-likeness (QED) is 0.705. The van der Waals surface area contributed by atoms with Gasteiger partial charge in [0.15, 0.2) is 0 Å². The predicted octanol–water partition coefficient (Wildman–Crippen LogP) is 2.18. The number of amides is 2. The molecular weight excluding hydrogens is 418 g/mol. The molecule has 1 saturated heterocycles. The maximum absolute atomic E-state index is 12.8. The molecule has 2 atom stereocenters. The minimum atomic E-state index is -3.51. The summed E-state index contributed by atoms with van der Waals surface area (Å²) in [5.41, 5.74) is 1.42. The zero-order chi connectivity index (χ0) is 22.8. The van der Waals surface area contributed by atoms with Crippen molar-refractivity contribution in [2.75, 3.05) is 32.6 Å². The number of carbonyl (C=O) groups excluding carboxylic acids is 2. The van der Waals surface area contributed by atoms with Crippen molar-refractivity contribution in [1.82, 2.24) is 9.62 Å². The first-order valence-corrected chi connectivity index (χ1v) is 11.4. The highest BCUT2D eigenvalue weighted by atomic mass is 32.2. The molecule has 2 aromatic rings. The highest BCUT2D eigenvalue weighted by Crippen LogP contribution is 2.33. The van der Waals surface area contributed by atoms with Crippen LogP contribution < -0.4 is 15.0 Å². The minimum absolute atomic E-state index is 0.122. The highest BCUT2D eigenvalue weighted by molar-refractivity contribution is 7.89. The van der Waals surface area contributed by atoms with Crippen molar-refractivity contribution in [1.29, 1.82) is 0 Å². The number of carbonyl (C=O) groups is 2. The number of hydrogen-bond donors (Lipinski definition) is 1. The summed E-state index contributed by atoms with van der Waals surface area (Å²) in [7, 11) is 0.986. The van der Waals surface area contributed by atoms with E-state index in [-0.39, 0.29) is 35.7 Å². The van der Waals surface area contributed by atoms with Crippen LogP contribution in [0.3, 0.4) is 0 Å². The van der Waals surface area contributed by atoms with Gasteiger partial charge in [0.25, 0.3) is 0 Å². The fourth-order valence-corrected chi connectivity index (χ4v) is 4.42. The summed E-state index contributed by atoms with van der Waals surface area (Å²) in [6.07, 6.45) is 0.122. The Bertz CT molecular complexity index is 1070. The Balaban J connectivity index is 1.67. The molecule has 1 fully saturated rings. The van der Waals surface area contributed by atoms with E-state index in [0.717, 1.165) is 9.87 Å². The van der Waals surface area contributed by atoms with Crippen LogP contribution in [0.4, 0.5) is 5.69 Å². The Kier molecular flexibility index (Phi) is 6.66. The second-order valence-electron chi connectivity index (χ2n) is 7.66. The molecule has 0 bridgehead atoms. The molecular formula is C22H27N3O5S. The normalized spacial score (nSPS) is 17.6. The molecule has 1 aliphatic rings. The molecule has 31 heavy (non-hydrogen) atoms. The Labute approximate surface area is 182 Å². The number of sulfonamides is 1. The average molecular weight is 446 g/mol. The minimum Gasteiger partial charge on any atom is -0.495 e. The highest BCUT2D eigenvalue weighted by Gasteiger charge is 2.36. The molecule has 0 aliphatic carbocycles. The summed E-state index contributed by atoms with van der Waals surface area (Å²) in [6.45, 7) is 2.10. The summed E-state index contributed by atoms with van der Waals surface area (Å²) >= 11 is 0. The van der Waals surface area contributed by atoms with Gasteiger partial charge in [-0.15, -0.1) is 0 Å². The fraction of sp³-hybridized carbons (Fsp3) is 0.364. The predicted molar refractivity (Wildman–Crippen MR) is 117 cm³/mol. The first-order chi connectivity index (χ1) is 14.6. The average Bonchev–Trinajstić information content (AvgIpc) is 3.15. The van der Waals surface area contributed by atoms with Crippen LogP contribution in [0.1, 0.15) is 24.9 Å². The number of para-hydroxylation sites is 2. The second kappa shape index (κ2) is 9.07. The third kappa shape index (κ3) is 4.72. The maximum atomic E-state index is 12.8. The zero-order valence-electron chi connectivity index (χ0n) is 18.0. The number of methoxy groups -OCH3 is 1. The summed E-state index contributed by atoms with van der Waals surface area (Å²) < 4.78 is 30.9. The van der Waals surface area contributed by atoms with Crippen molar-refractivity contribution in [3.8, 4) is 5.75 Å². The molecule has 2 unspecified atom stereocenters. The van der Waals surface area contributed by atoms with E-state index >= 15 is 0 Å². The number of benzene rings is 2. The van der Waals surface area contributed by atoms with E-state index in [4.69, 9.17) is 4.74 Å². The number of nitrogens with one attached hydrogen (secondary N) is 1. The van der Waals surface area contributed by atoms with E-state index in [0.29, 0.717) is 11.4 Å². The van der Waals surface area contributed by atoms with E-state index in [1.807, 2.05) is 19.1 Å². The van der Waals surface area contributed by atoms with Crippen LogP contribution in [0.15, 0.2) is 53.4 Å². The van der Waals surface area contributed by atoms with Crippen molar-refractivity contribution in [3.05, 3.63) is 54.1 Å². The molecule has 1 heterocycles. The van der Waals surface area contributed by atoms with Crippen molar-refractivity contribution >= 4 is 27.5 Å². The van der Waals surface area contributed by atoms with Crippen LogP contribution in [0, 0.1) is 5.92 Å². The first kappa shape index (κ1) is 22.8. The smallest absolute Gasteiger partial charge is 0.242 e. The van der Waals surface area contributed by atoms with Crippen LogP contribution in [0.5, 0.6) is 5.75 Å². The second-order valence-corrected chi connectivity index (χ2v) is 9.82. The van der Waals surface area contributed by atoms with Gasteiger partial charge in [-0.1, -0.05) is 24.3 Å².